The van der Waals surface area contributed by atoms with Crippen LogP contribution in [-0.2, 0) is 15.1 Å². The molecule has 2 heterocycles. The van der Waals surface area contributed by atoms with Crippen LogP contribution in [-0.4, -0.2) is 30.2 Å². The van der Waals surface area contributed by atoms with Gasteiger partial charge in [-0.2, -0.15) is 0 Å². The summed E-state index contributed by atoms with van der Waals surface area (Å²) in [7, 11) is 1.95. The third kappa shape index (κ3) is 2.55. The monoisotopic (exact) mass is 360 g/mol. The lowest BCUT2D eigenvalue weighted by molar-refractivity contribution is -0.133. The van der Waals surface area contributed by atoms with Crippen LogP contribution in [0.5, 0.6) is 0 Å². The normalized spacial score (nSPS) is 26.7. The predicted octanol–water partition coefficient (Wildman–Crippen LogP) is 3.71. The van der Waals surface area contributed by atoms with Crippen LogP contribution >= 0.6 is 0 Å². The van der Waals surface area contributed by atoms with Gasteiger partial charge >= 0.3 is 0 Å². The molecular formula is C23H24N2O2. The second-order valence-electron chi connectivity index (χ2n) is 7.77. The SMILES string of the molecule is CC(C)=CC(=O)[C@@H]1[C@@H](c2ccccc2)CN(C)[C@@]12C(=O)Nc1ccccc12. The number of carbonyl (C=O) groups excluding carboxylic acids is 2. The van der Waals surface area contributed by atoms with Crippen LogP contribution in [0.4, 0.5) is 5.69 Å². The zero-order chi connectivity index (χ0) is 19.2. The number of anilines is 1. The van der Waals surface area contributed by atoms with Crippen molar-refractivity contribution in [3.63, 3.8) is 0 Å². The fraction of sp³-hybridized carbons (Fsp3) is 0.304. The Hall–Kier alpha value is -2.72. The van der Waals surface area contributed by atoms with E-state index in [-0.39, 0.29) is 17.6 Å². The molecule has 138 valence electrons. The number of carbonyl (C=O) groups is 2. The van der Waals surface area contributed by atoms with Crippen molar-refractivity contribution in [3.8, 4) is 0 Å². The third-order valence-corrected chi connectivity index (χ3v) is 5.82. The summed E-state index contributed by atoms with van der Waals surface area (Å²) in [6, 6.07) is 17.8. The highest BCUT2D eigenvalue weighted by Crippen LogP contribution is 2.55. The molecule has 1 saturated heterocycles. The van der Waals surface area contributed by atoms with Gasteiger partial charge in [-0.25, -0.2) is 0 Å². The van der Waals surface area contributed by atoms with E-state index in [0.717, 1.165) is 22.4 Å². The van der Waals surface area contributed by atoms with E-state index in [1.54, 1.807) is 6.08 Å². The summed E-state index contributed by atoms with van der Waals surface area (Å²) in [5.41, 5.74) is 2.77. The second-order valence-corrected chi connectivity index (χ2v) is 7.77. The molecule has 0 saturated carbocycles. The second kappa shape index (κ2) is 6.46. The Morgan fingerprint density at radius 3 is 2.48 bits per heavy atom. The molecule has 2 aliphatic heterocycles. The van der Waals surface area contributed by atoms with Crippen molar-refractivity contribution in [2.45, 2.75) is 25.3 Å². The van der Waals surface area contributed by atoms with Crippen LogP contribution in [0.2, 0.25) is 0 Å². The summed E-state index contributed by atoms with van der Waals surface area (Å²) in [5.74, 6) is -0.607. The van der Waals surface area contributed by atoms with E-state index in [0.29, 0.717) is 6.54 Å². The number of likely N-dealkylation sites (N-methyl/N-ethyl adjacent to an activating group) is 1. The topological polar surface area (TPSA) is 49.4 Å². The van der Waals surface area contributed by atoms with Crippen molar-refractivity contribution in [1.82, 2.24) is 4.90 Å². The van der Waals surface area contributed by atoms with Crippen LogP contribution in [0.1, 0.15) is 30.9 Å². The van der Waals surface area contributed by atoms with E-state index < -0.39 is 11.5 Å². The van der Waals surface area contributed by atoms with Gasteiger partial charge in [0.2, 0.25) is 5.91 Å². The number of para-hydroxylation sites is 1. The van der Waals surface area contributed by atoms with E-state index >= 15 is 0 Å². The number of hydrogen-bond donors (Lipinski definition) is 1. The first-order valence-corrected chi connectivity index (χ1v) is 9.32. The van der Waals surface area contributed by atoms with Gasteiger partial charge in [0, 0.05) is 23.7 Å². The lowest BCUT2D eigenvalue weighted by Crippen LogP contribution is -2.51. The number of fused-ring (bicyclic) bond motifs is 2. The van der Waals surface area contributed by atoms with E-state index in [4.69, 9.17) is 0 Å². The molecule has 3 atom stereocenters. The Labute approximate surface area is 159 Å². The van der Waals surface area contributed by atoms with Crippen molar-refractivity contribution in [1.29, 1.82) is 0 Å². The van der Waals surface area contributed by atoms with Gasteiger partial charge in [0.25, 0.3) is 0 Å². The number of likely N-dealkylation sites (tertiary alicyclic amines) is 1. The minimum absolute atomic E-state index is 0.0139. The van der Waals surface area contributed by atoms with Crippen LogP contribution in [0.3, 0.4) is 0 Å². The van der Waals surface area contributed by atoms with E-state index in [2.05, 4.69) is 22.3 Å². The quantitative estimate of drug-likeness (QED) is 0.849. The molecule has 0 radical (unpaired) electrons. The Kier molecular flexibility index (Phi) is 4.23. The number of nitrogens with one attached hydrogen (secondary N) is 1. The molecule has 1 N–H and O–H groups in total. The highest BCUT2D eigenvalue weighted by molar-refractivity contribution is 6.11. The number of rotatable bonds is 3. The molecule has 0 aromatic heterocycles. The van der Waals surface area contributed by atoms with Crippen LogP contribution in [0.25, 0.3) is 0 Å². The highest BCUT2D eigenvalue weighted by atomic mass is 16.2. The minimum Gasteiger partial charge on any atom is -0.324 e. The molecule has 2 aliphatic rings. The summed E-state index contributed by atoms with van der Waals surface area (Å²) in [6.45, 7) is 4.49. The summed E-state index contributed by atoms with van der Waals surface area (Å²) in [6.07, 6.45) is 1.69. The molecule has 1 spiro atoms. The van der Waals surface area contributed by atoms with Gasteiger partial charge in [0.1, 0.15) is 5.54 Å². The number of amides is 1. The van der Waals surface area contributed by atoms with Crippen molar-refractivity contribution in [2.24, 2.45) is 5.92 Å². The average Bonchev–Trinajstić information content (AvgIpc) is 3.12. The average molecular weight is 360 g/mol. The zero-order valence-electron chi connectivity index (χ0n) is 15.9. The molecule has 0 aliphatic carbocycles. The molecule has 2 aromatic rings. The van der Waals surface area contributed by atoms with Gasteiger partial charge in [-0.1, -0.05) is 54.1 Å². The van der Waals surface area contributed by atoms with Crippen LogP contribution < -0.4 is 5.32 Å². The van der Waals surface area contributed by atoms with Crippen LogP contribution in [0.15, 0.2) is 66.2 Å². The first-order chi connectivity index (χ1) is 13.0. The maximum atomic E-state index is 13.4. The van der Waals surface area contributed by atoms with Crippen molar-refractivity contribution in [2.75, 3.05) is 18.9 Å². The number of allylic oxidation sites excluding steroid dienone is 2. The van der Waals surface area contributed by atoms with Gasteiger partial charge in [-0.15, -0.1) is 0 Å². The number of ketones is 1. The van der Waals surface area contributed by atoms with E-state index in [9.17, 15) is 9.59 Å². The lowest BCUT2D eigenvalue weighted by Gasteiger charge is -2.35. The summed E-state index contributed by atoms with van der Waals surface area (Å²) < 4.78 is 0. The van der Waals surface area contributed by atoms with Gasteiger partial charge in [-0.3, -0.25) is 14.5 Å². The maximum Gasteiger partial charge on any atom is 0.250 e. The third-order valence-electron chi connectivity index (χ3n) is 5.82. The van der Waals surface area contributed by atoms with Gasteiger partial charge in [-0.05, 0) is 38.6 Å². The molecule has 4 heteroatoms. The predicted molar refractivity (Wildman–Crippen MR) is 106 cm³/mol. The standard InChI is InChI=1S/C23H24N2O2/c1-15(2)13-20(26)21-17(16-9-5-4-6-10-16)14-25(3)23(21)18-11-7-8-12-19(18)24-22(23)27/h4-13,17,21H,14H2,1-3H3,(H,24,27)/t17-,21+,23-/m1/s1. The molecule has 4 rings (SSSR count). The largest absolute Gasteiger partial charge is 0.324 e. The van der Waals surface area contributed by atoms with E-state index in [1.807, 2.05) is 63.4 Å². The van der Waals surface area contributed by atoms with E-state index in [1.165, 1.54) is 0 Å². The van der Waals surface area contributed by atoms with Crippen molar-refractivity contribution < 1.29 is 9.59 Å². The number of hydrogen-bond acceptors (Lipinski definition) is 3. The van der Waals surface area contributed by atoms with Crippen molar-refractivity contribution in [3.05, 3.63) is 77.4 Å². The molecular weight excluding hydrogens is 336 g/mol. The zero-order valence-corrected chi connectivity index (χ0v) is 15.9. The molecule has 27 heavy (non-hydrogen) atoms. The highest BCUT2D eigenvalue weighted by Gasteiger charge is 2.63. The Morgan fingerprint density at radius 1 is 1.11 bits per heavy atom. The molecule has 0 bridgehead atoms. The van der Waals surface area contributed by atoms with Gasteiger partial charge < -0.3 is 5.32 Å². The fourth-order valence-corrected chi connectivity index (χ4v) is 4.80. The lowest BCUT2D eigenvalue weighted by atomic mass is 9.71. The summed E-state index contributed by atoms with van der Waals surface area (Å²) >= 11 is 0. The fourth-order valence-electron chi connectivity index (χ4n) is 4.80. The first kappa shape index (κ1) is 17.7. The Bertz CT molecular complexity index is 930. The Balaban J connectivity index is 1.94. The molecule has 2 aromatic carbocycles. The van der Waals surface area contributed by atoms with Gasteiger partial charge in [0.15, 0.2) is 5.78 Å². The summed E-state index contributed by atoms with van der Waals surface area (Å²) in [4.78, 5) is 28.8. The number of nitrogens with zero attached hydrogens (tertiary/aromatic N) is 1. The minimum atomic E-state index is -0.972. The van der Waals surface area contributed by atoms with Gasteiger partial charge in [0.05, 0.1) is 5.92 Å². The number of benzene rings is 2. The van der Waals surface area contributed by atoms with Crippen LogP contribution in [0, 0.1) is 5.92 Å². The first-order valence-electron chi connectivity index (χ1n) is 9.32. The molecule has 1 fully saturated rings. The maximum absolute atomic E-state index is 13.4. The Morgan fingerprint density at radius 2 is 1.78 bits per heavy atom. The smallest absolute Gasteiger partial charge is 0.250 e. The molecule has 4 nitrogen and oxygen atoms in total. The summed E-state index contributed by atoms with van der Waals surface area (Å²) in [5, 5.41) is 3.02. The molecule has 0 unspecified atom stereocenters. The van der Waals surface area contributed by atoms with Crippen molar-refractivity contribution >= 4 is 17.4 Å². The molecule has 1 amide bonds.